The average molecular weight is 829 g/mol. The quantitative estimate of drug-likeness (QED) is 0.143. The van der Waals surface area contributed by atoms with Gasteiger partial charge in [-0.25, -0.2) is 0 Å². The lowest BCUT2D eigenvalue weighted by molar-refractivity contribution is 0.672. The Morgan fingerprint density at radius 3 is 1.02 bits per heavy atom. The summed E-state index contributed by atoms with van der Waals surface area (Å²) in [4.78, 5) is 4.64. The van der Waals surface area contributed by atoms with E-state index in [9.17, 15) is 0 Å². The van der Waals surface area contributed by atoms with E-state index in [1.807, 2.05) is 0 Å². The molecule has 0 bridgehead atoms. The Bertz CT molecular complexity index is 3470. The highest BCUT2D eigenvalue weighted by Gasteiger charge is 2.22. The van der Waals surface area contributed by atoms with Gasteiger partial charge < -0.3 is 18.6 Å². The number of hydrogen-bond donors (Lipinski definition) is 0. The van der Waals surface area contributed by atoms with Crippen LogP contribution in [0.25, 0.3) is 76.2 Å². The van der Waals surface area contributed by atoms with E-state index < -0.39 is 0 Å². The number of nitrogens with zero attached hydrogens (tertiary/aromatic N) is 2. The van der Waals surface area contributed by atoms with Gasteiger partial charge in [0.05, 0.1) is 0 Å². The van der Waals surface area contributed by atoms with E-state index in [1.54, 1.807) is 0 Å². The predicted octanol–water partition coefficient (Wildman–Crippen LogP) is 18.2. The molecule has 64 heavy (non-hydrogen) atoms. The molecule has 0 spiro atoms. The molecule has 0 atom stereocenters. The minimum Gasteiger partial charge on any atom is -0.455 e. The number of aryl methyl sites for hydroxylation is 2. The van der Waals surface area contributed by atoms with Gasteiger partial charge in [0.25, 0.3) is 0 Å². The van der Waals surface area contributed by atoms with Crippen molar-refractivity contribution in [1.29, 1.82) is 0 Å². The van der Waals surface area contributed by atoms with Gasteiger partial charge in [-0.1, -0.05) is 99.5 Å². The van der Waals surface area contributed by atoms with E-state index in [4.69, 9.17) is 8.83 Å². The monoisotopic (exact) mass is 828 g/mol. The largest absolute Gasteiger partial charge is 0.455 e. The highest BCUT2D eigenvalue weighted by Crippen LogP contribution is 2.47. The molecule has 2 heterocycles. The molecule has 0 N–H and O–H groups in total. The zero-order chi connectivity index (χ0) is 43.4. The van der Waals surface area contributed by atoms with Crippen molar-refractivity contribution in [3.63, 3.8) is 0 Å². The summed E-state index contributed by atoms with van der Waals surface area (Å²) >= 11 is 0. The van der Waals surface area contributed by atoms with Crippen molar-refractivity contribution in [2.24, 2.45) is 0 Å². The smallest absolute Gasteiger partial charge is 0.143 e. The van der Waals surface area contributed by atoms with Gasteiger partial charge in [-0.3, -0.25) is 0 Å². The first-order chi connectivity index (χ1) is 31.2. The maximum absolute atomic E-state index is 6.96. The van der Waals surface area contributed by atoms with Crippen LogP contribution >= 0.6 is 0 Å². The third-order valence-corrected chi connectivity index (χ3v) is 13.5. The molecule has 0 saturated heterocycles. The van der Waals surface area contributed by atoms with Crippen molar-refractivity contribution < 1.29 is 8.83 Å². The first kappa shape index (κ1) is 38.1. The van der Waals surface area contributed by atoms with Gasteiger partial charge in [0.1, 0.15) is 22.3 Å². The number of hydrogen-bond acceptors (Lipinski definition) is 4. The van der Waals surface area contributed by atoms with Crippen molar-refractivity contribution in [3.8, 4) is 0 Å². The molecule has 2 aromatic heterocycles. The summed E-state index contributed by atoms with van der Waals surface area (Å²) in [5, 5.41) is 11.4. The molecule has 0 aliphatic rings. The molecule has 12 aromatic rings. The molecule has 0 radical (unpaired) electrons. The van der Waals surface area contributed by atoms with Crippen molar-refractivity contribution in [1.82, 2.24) is 0 Å². The summed E-state index contributed by atoms with van der Waals surface area (Å²) in [6.07, 6.45) is 0. The van der Waals surface area contributed by atoms with Crippen LogP contribution in [0.5, 0.6) is 0 Å². The van der Waals surface area contributed by atoms with Gasteiger partial charge in [-0.2, -0.15) is 0 Å². The molecule has 0 aliphatic heterocycles. The Morgan fingerprint density at radius 1 is 0.328 bits per heavy atom. The third kappa shape index (κ3) is 6.04. The summed E-state index contributed by atoms with van der Waals surface area (Å²) < 4.78 is 13.9. The summed E-state index contributed by atoms with van der Waals surface area (Å²) in [7, 11) is 0. The predicted molar refractivity (Wildman–Crippen MR) is 272 cm³/mol. The van der Waals surface area contributed by atoms with Gasteiger partial charge in [-0.05, 0) is 145 Å². The number of anilines is 6. The minimum absolute atomic E-state index is 0.463. The number of benzene rings is 10. The van der Waals surface area contributed by atoms with Crippen LogP contribution in [-0.2, 0) is 0 Å². The number of fused-ring (bicyclic) bond motifs is 8. The Hall–Kier alpha value is -7.56. The van der Waals surface area contributed by atoms with E-state index in [1.165, 1.54) is 43.8 Å². The van der Waals surface area contributed by atoms with Gasteiger partial charge in [-0.15, -0.1) is 0 Å². The maximum Gasteiger partial charge on any atom is 0.143 e. The Balaban J connectivity index is 0.997. The van der Waals surface area contributed by atoms with Crippen molar-refractivity contribution in [3.05, 3.63) is 192 Å². The Kier molecular flexibility index (Phi) is 8.64. The zero-order valence-electron chi connectivity index (χ0n) is 37.0. The Labute approximate surface area is 372 Å². The zero-order valence-corrected chi connectivity index (χ0v) is 37.0. The van der Waals surface area contributed by atoms with Gasteiger partial charge in [0.15, 0.2) is 0 Å². The molecule has 0 fully saturated rings. The summed E-state index contributed by atoms with van der Waals surface area (Å²) in [5.74, 6) is 0.927. The van der Waals surface area contributed by atoms with Gasteiger partial charge in [0, 0.05) is 89.3 Å². The second-order valence-electron chi connectivity index (χ2n) is 18.3. The lowest BCUT2D eigenvalue weighted by atomic mass is 9.91. The fourth-order valence-electron chi connectivity index (χ4n) is 9.95. The van der Waals surface area contributed by atoms with E-state index in [0.717, 1.165) is 88.8 Å². The average Bonchev–Trinajstić information content (AvgIpc) is 3.87. The fraction of sp³-hybridized carbons (Fsp3) is 0.133. The molecule has 4 nitrogen and oxygen atoms in total. The molecule has 0 aliphatic carbocycles. The number of furan rings is 2. The first-order valence-electron chi connectivity index (χ1n) is 22.5. The molecule has 0 unspecified atom stereocenters. The normalized spacial score (nSPS) is 12.2. The fourth-order valence-corrected chi connectivity index (χ4v) is 9.95. The highest BCUT2D eigenvalue weighted by atomic mass is 16.3. The van der Waals surface area contributed by atoms with Crippen LogP contribution in [0.15, 0.2) is 179 Å². The topological polar surface area (TPSA) is 32.8 Å². The molecule has 10 aromatic carbocycles. The standard InChI is InChI=1S/C60H48N2O2/c1-35(2)39-11-21-45(22-12-39)61(43-17-7-37(5)8-18-43)47-25-29-49-53-31-41-16-28-52-58-42(15-27-51(57(41)58)59(53)63-55(49)33-47)32-54-50-30-26-48(34-56(50)64-60(52)54)62(44-19-9-38(6)10-20-44)46-23-13-40(14-24-46)36(3)4/h7-36H,1-6H3. The van der Waals surface area contributed by atoms with Crippen LogP contribution in [0, 0.1) is 13.8 Å². The van der Waals surface area contributed by atoms with Gasteiger partial charge >= 0.3 is 0 Å². The van der Waals surface area contributed by atoms with Crippen LogP contribution in [0.3, 0.4) is 0 Å². The van der Waals surface area contributed by atoms with Crippen LogP contribution in [-0.4, -0.2) is 0 Å². The molecule has 0 saturated carbocycles. The first-order valence-corrected chi connectivity index (χ1v) is 22.5. The van der Waals surface area contributed by atoms with Gasteiger partial charge in [0.2, 0.25) is 0 Å². The molecule has 0 amide bonds. The van der Waals surface area contributed by atoms with E-state index in [2.05, 4.69) is 221 Å². The van der Waals surface area contributed by atoms with E-state index in [-0.39, 0.29) is 0 Å². The molecular weight excluding hydrogens is 781 g/mol. The number of rotatable bonds is 8. The molecule has 4 heteroatoms. The van der Waals surface area contributed by atoms with Crippen LogP contribution in [0.1, 0.15) is 61.8 Å². The van der Waals surface area contributed by atoms with Crippen molar-refractivity contribution in [2.45, 2.75) is 53.4 Å². The summed E-state index contributed by atoms with van der Waals surface area (Å²) in [6, 6.07) is 62.3. The highest BCUT2D eigenvalue weighted by molar-refractivity contribution is 6.34. The SMILES string of the molecule is Cc1ccc(N(c2ccc(C(C)C)cc2)c2ccc3c(c2)oc2c3cc3ccc4c5oc6cc(N(c7ccc(C)cc7)c7ccc(C(C)C)cc7)ccc6c5cc5ccc2c3c54)cc1. The minimum atomic E-state index is 0.463. The molecule has 310 valence electrons. The molecular formula is C60H48N2O2. The van der Waals surface area contributed by atoms with E-state index >= 15 is 0 Å². The lowest BCUT2D eigenvalue weighted by Crippen LogP contribution is -2.10. The second-order valence-corrected chi connectivity index (χ2v) is 18.3. The van der Waals surface area contributed by atoms with Crippen LogP contribution < -0.4 is 9.80 Å². The summed E-state index contributed by atoms with van der Waals surface area (Å²) in [6.45, 7) is 13.2. The van der Waals surface area contributed by atoms with Crippen molar-refractivity contribution >= 4 is 110 Å². The third-order valence-electron chi connectivity index (χ3n) is 13.5. The Morgan fingerprint density at radius 2 is 0.656 bits per heavy atom. The lowest BCUT2D eigenvalue weighted by Gasteiger charge is -2.26. The van der Waals surface area contributed by atoms with Crippen molar-refractivity contribution in [2.75, 3.05) is 9.80 Å². The van der Waals surface area contributed by atoms with E-state index in [0.29, 0.717) is 11.8 Å². The summed E-state index contributed by atoms with van der Waals surface area (Å²) in [5.41, 5.74) is 15.2. The van der Waals surface area contributed by atoms with Crippen LogP contribution in [0.4, 0.5) is 34.1 Å². The van der Waals surface area contributed by atoms with Crippen LogP contribution in [0.2, 0.25) is 0 Å². The second kappa shape index (κ2) is 14.5. The molecule has 12 rings (SSSR count). The maximum atomic E-state index is 6.96.